The van der Waals surface area contributed by atoms with Crippen molar-refractivity contribution in [2.45, 2.75) is 45.4 Å². The Hall–Kier alpha value is -1.43. The number of likely N-dealkylation sites (N-methyl/N-ethyl adjacent to an activating group) is 1. The molecule has 1 aliphatic rings. The van der Waals surface area contributed by atoms with E-state index in [-0.39, 0.29) is 5.91 Å². The standard InChI is InChI=1S/C12H20N4O2/c1-12(2,18-4)11(17)15(3)8-10-14-13-9-6-5-7-16(9)10/h5-8H2,1-4H3. The Balaban J connectivity index is 2.07. The van der Waals surface area contributed by atoms with Crippen LogP contribution in [0.5, 0.6) is 0 Å². The molecule has 1 aromatic heterocycles. The molecule has 6 nitrogen and oxygen atoms in total. The highest BCUT2D eigenvalue weighted by molar-refractivity contribution is 5.84. The molecule has 18 heavy (non-hydrogen) atoms. The van der Waals surface area contributed by atoms with Crippen LogP contribution in [0.25, 0.3) is 0 Å². The highest BCUT2D eigenvalue weighted by atomic mass is 16.5. The van der Waals surface area contributed by atoms with E-state index in [2.05, 4.69) is 14.8 Å². The second-order valence-corrected chi connectivity index (χ2v) is 5.16. The Kier molecular flexibility index (Phi) is 3.38. The molecule has 1 aliphatic heterocycles. The third-order valence-corrected chi connectivity index (χ3v) is 3.44. The van der Waals surface area contributed by atoms with Gasteiger partial charge in [0.15, 0.2) is 5.82 Å². The van der Waals surface area contributed by atoms with E-state index in [4.69, 9.17) is 4.74 Å². The van der Waals surface area contributed by atoms with Gasteiger partial charge in [-0.1, -0.05) is 0 Å². The first-order valence-corrected chi connectivity index (χ1v) is 6.17. The molecule has 6 heteroatoms. The zero-order valence-electron chi connectivity index (χ0n) is 11.4. The van der Waals surface area contributed by atoms with Gasteiger partial charge in [-0.3, -0.25) is 4.79 Å². The maximum absolute atomic E-state index is 12.2. The first kappa shape index (κ1) is 13.0. The van der Waals surface area contributed by atoms with Crippen molar-refractivity contribution in [3.05, 3.63) is 11.6 Å². The van der Waals surface area contributed by atoms with Crippen molar-refractivity contribution in [3.63, 3.8) is 0 Å². The minimum absolute atomic E-state index is 0.0552. The maximum Gasteiger partial charge on any atom is 0.254 e. The van der Waals surface area contributed by atoms with Gasteiger partial charge in [0.25, 0.3) is 5.91 Å². The molecule has 2 heterocycles. The van der Waals surface area contributed by atoms with Gasteiger partial charge < -0.3 is 14.2 Å². The molecule has 0 saturated heterocycles. The lowest BCUT2D eigenvalue weighted by Crippen LogP contribution is -2.44. The van der Waals surface area contributed by atoms with Gasteiger partial charge in [0.1, 0.15) is 11.4 Å². The van der Waals surface area contributed by atoms with E-state index >= 15 is 0 Å². The SMILES string of the molecule is COC(C)(C)C(=O)N(C)Cc1nnc2n1CCC2. The Morgan fingerprint density at radius 1 is 1.50 bits per heavy atom. The molecule has 0 aromatic carbocycles. The summed E-state index contributed by atoms with van der Waals surface area (Å²) >= 11 is 0. The fraction of sp³-hybridized carbons (Fsp3) is 0.750. The molecule has 0 aliphatic carbocycles. The second kappa shape index (κ2) is 4.68. The summed E-state index contributed by atoms with van der Waals surface area (Å²) in [5, 5.41) is 8.28. The largest absolute Gasteiger partial charge is 0.369 e. The van der Waals surface area contributed by atoms with E-state index in [1.807, 2.05) is 0 Å². The summed E-state index contributed by atoms with van der Waals surface area (Å²) < 4.78 is 7.30. The number of aryl methyl sites for hydroxylation is 1. The van der Waals surface area contributed by atoms with Gasteiger partial charge in [-0.25, -0.2) is 0 Å². The number of aromatic nitrogens is 3. The van der Waals surface area contributed by atoms with Gasteiger partial charge in [0.05, 0.1) is 6.54 Å². The molecule has 0 atom stereocenters. The van der Waals surface area contributed by atoms with Crippen LogP contribution in [0.2, 0.25) is 0 Å². The zero-order valence-corrected chi connectivity index (χ0v) is 11.4. The van der Waals surface area contributed by atoms with Crippen LogP contribution in [-0.4, -0.2) is 45.3 Å². The monoisotopic (exact) mass is 252 g/mol. The third-order valence-electron chi connectivity index (χ3n) is 3.44. The van der Waals surface area contributed by atoms with Crippen LogP contribution in [0.15, 0.2) is 0 Å². The van der Waals surface area contributed by atoms with Crippen molar-refractivity contribution >= 4 is 5.91 Å². The van der Waals surface area contributed by atoms with Crippen LogP contribution >= 0.6 is 0 Å². The van der Waals surface area contributed by atoms with E-state index in [0.29, 0.717) is 6.54 Å². The van der Waals surface area contributed by atoms with Crippen molar-refractivity contribution in [3.8, 4) is 0 Å². The van der Waals surface area contributed by atoms with Crippen LogP contribution < -0.4 is 0 Å². The second-order valence-electron chi connectivity index (χ2n) is 5.16. The summed E-state index contributed by atoms with van der Waals surface area (Å²) in [6.45, 7) is 4.95. The number of amides is 1. The first-order chi connectivity index (χ1) is 8.45. The number of ether oxygens (including phenoxy) is 1. The lowest BCUT2D eigenvalue weighted by atomic mass is 10.1. The van der Waals surface area contributed by atoms with E-state index in [0.717, 1.165) is 31.0 Å². The van der Waals surface area contributed by atoms with Crippen molar-refractivity contribution in [1.82, 2.24) is 19.7 Å². The van der Waals surface area contributed by atoms with Crippen LogP contribution in [0.3, 0.4) is 0 Å². The number of hydrogen-bond donors (Lipinski definition) is 0. The molecule has 1 aromatic rings. The van der Waals surface area contributed by atoms with Gasteiger partial charge in [0, 0.05) is 27.1 Å². The minimum Gasteiger partial charge on any atom is -0.369 e. The quantitative estimate of drug-likeness (QED) is 0.787. The number of hydrogen-bond acceptors (Lipinski definition) is 4. The topological polar surface area (TPSA) is 60.2 Å². The van der Waals surface area contributed by atoms with E-state index in [1.54, 1.807) is 32.9 Å². The van der Waals surface area contributed by atoms with Crippen LogP contribution in [0.4, 0.5) is 0 Å². The number of fused-ring (bicyclic) bond motifs is 1. The highest BCUT2D eigenvalue weighted by Crippen LogP contribution is 2.17. The molecular weight excluding hydrogens is 232 g/mol. The first-order valence-electron chi connectivity index (χ1n) is 6.17. The Morgan fingerprint density at radius 3 is 2.89 bits per heavy atom. The van der Waals surface area contributed by atoms with Crippen molar-refractivity contribution < 1.29 is 9.53 Å². The fourth-order valence-electron chi connectivity index (χ4n) is 2.16. The van der Waals surface area contributed by atoms with Gasteiger partial charge in [-0.05, 0) is 20.3 Å². The maximum atomic E-state index is 12.2. The zero-order chi connectivity index (χ0) is 13.3. The molecule has 0 bridgehead atoms. The fourth-order valence-corrected chi connectivity index (χ4v) is 2.16. The predicted molar refractivity (Wildman–Crippen MR) is 65.9 cm³/mol. The number of nitrogens with zero attached hydrogens (tertiary/aromatic N) is 4. The highest BCUT2D eigenvalue weighted by Gasteiger charge is 2.31. The number of carbonyl (C=O) groups excluding carboxylic acids is 1. The Labute approximate surface area is 107 Å². The number of carbonyl (C=O) groups is 1. The minimum atomic E-state index is -0.803. The summed E-state index contributed by atoms with van der Waals surface area (Å²) in [6.07, 6.45) is 2.09. The van der Waals surface area contributed by atoms with Crippen molar-refractivity contribution in [1.29, 1.82) is 0 Å². The Bertz CT molecular complexity index is 453. The Morgan fingerprint density at radius 2 is 2.22 bits per heavy atom. The average molecular weight is 252 g/mol. The van der Waals surface area contributed by atoms with Crippen LogP contribution in [0.1, 0.15) is 31.9 Å². The molecule has 0 spiro atoms. The normalized spacial score (nSPS) is 14.7. The summed E-state index contributed by atoms with van der Waals surface area (Å²) in [6, 6.07) is 0. The summed E-state index contributed by atoms with van der Waals surface area (Å²) in [4.78, 5) is 13.8. The van der Waals surface area contributed by atoms with E-state index in [1.165, 1.54) is 0 Å². The number of rotatable bonds is 4. The van der Waals surface area contributed by atoms with Crippen LogP contribution in [0, 0.1) is 0 Å². The summed E-state index contributed by atoms with van der Waals surface area (Å²) in [5.41, 5.74) is -0.803. The van der Waals surface area contributed by atoms with Crippen LogP contribution in [-0.2, 0) is 29.0 Å². The average Bonchev–Trinajstić information content (AvgIpc) is 2.93. The van der Waals surface area contributed by atoms with Gasteiger partial charge in [-0.15, -0.1) is 10.2 Å². The molecule has 1 amide bonds. The van der Waals surface area contributed by atoms with Gasteiger partial charge in [0.2, 0.25) is 0 Å². The summed E-state index contributed by atoms with van der Waals surface area (Å²) in [5.74, 6) is 1.82. The molecule has 2 rings (SSSR count). The summed E-state index contributed by atoms with van der Waals surface area (Å²) in [7, 11) is 3.31. The van der Waals surface area contributed by atoms with Crippen molar-refractivity contribution in [2.24, 2.45) is 0 Å². The molecule has 0 saturated carbocycles. The van der Waals surface area contributed by atoms with E-state index in [9.17, 15) is 4.79 Å². The molecular formula is C12H20N4O2. The molecule has 100 valence electrons. The van der Waals surface area contributed by atoms with Gasteiger partial charge >= 0.3 is 0 Å². The van der Waals surface area contributed by atoms with E-state index < -0.39 is 5.60 Å². The lowest BCUT2D eigenvalue weighted by Gasteiger charge is -2.27. The molecule has 0 N–H and O–H groups in total. The molecule has 0 fully saturated rings. The van der Waals surface area contributed by atoms with Gasteiger partial charge in [-0.2, -0.15) is 0 Å². The smallest absolute Gasteiger partial charge is 0.254 e. The molecule has 0 radical (unpaired) electrons. The third kappa shape index (κ3) is 2.25. The predicted octanol–water partition coefficient (Wildman–Crippen LogP) is 0.608. The molecule has 0 unspecified atom stereocenters. The van der Waals surface area contributed by atoms with Crippen molar-refractivity contribution in [2.75, 3.05) is 14.2 Å². The number of methoxy groups -OCH3 is 1. The lowest BCUT2D eigenvalue weighted by molar-refractivity contribution is -0.150.